The van der Waals surface area contributed by atoms with Gasteiger partial charge < -0.3 is 5.11 Å². The molecule has 0 amide bonds. The SMILES string of the molecule is O=C(O)C=Cc1cccc(CN2CCCC2)c1. The molecule has 0 saturated carbocycles. The Morgan fingerprint density at radius 2 is 2.12 bits per heavy atom. The third-order valence-electron chi connectivity index (χ3n) is 2.97. The highest BCUT2D eigenvalue weighted by Crippen LogP contribution is 2.14. The lowest BCUT2D eigenvalue weighted by Gasteiger charge is -2.14. The zero-order chi connectivity index (χ0) is 12.1. The van der Waals surface area contributed by atoms with Gasteiger partial charge in [0, 0.05) is 12.6 Å². The number of hydrogen-bond donors (Lipinski definition) is 1. The summed E-state index contributed by atoms with van der Waals surface area (Å²) in [5, 5.41) is 8.58. The molecule has 1 aromatic carbocycles. The Morgan fingerprint density at radius 3 is 2.82 bits per heavy atom. The minimum absolute atomic E-state index is 0.907. The van der Waals surface area contributed by atoms with Gasteiger partial charge in [0.1, 0.15) is 0 Å². The first kappa shape index (κ1) is 11.9. The molecule has 90 valence electrons. The van der Waals surface area contributed by atoms with Crippen LogP contribution in [0.15, 0.2) is 30.3 Å². The number of hydrogen-bond acceptors (Lipinski definition) is 2. The maximum Gasteiger partial charge on any atom is 0.328 e. The number of rotatable bonds is 4. The molecule has 1 heterocycles. The summed E-state index contributed by atoms with van der Waals surface area (Å²) in [6, 6.07) is 8.05. The maximum atomic E-state index is 10.4. The third-order valence-corrected chi connectivity index (χ3v) is 2.97. The van der Waals surface area contributed by atoms with Gasteiger partial charge in [-0.15, -0.1) is 0 Å². The van der Waals surface area contributed by atoms with E-state index in [4.69, 9.17) is 5.11 Å². The van der Waals surface area contributed by atoms with Gasteiger partial charge >= 0.3 is 5.97 Å². The second-order valence-corrected chi connectivity index (χ2v) is 4.40. The van der Waals surface area contributed by atoms with Gasteiger partial charge in [0.05, 0.1) is 0 Å². The molecule has 1 aliphatic rings. The molecule has 1 N–H and O–H groups in total. The molecule has 0 bridgehead atoms. The largest absolute Gasteiger partial charge is 0.478 e. The van der Waals surface area contributed by atoms with Crippen molar-refractivity contribution < 1.29 is 9.90 Å². The molecular formula is C14H17NO2. The Hall–Kier alpha value is -1.61. The molecule has 1 aliphatic heterocycles. The highest BCUT2D eigenvalue weighted by molar-refractivity contribution is 5.85. The molecule has 0 aromatic heterocycles. The molecule has 1 fully saturated rings. The zero-order valence-electron chi connectivity index (χ0n) is 9.80. The summed E-state index contributed by atoms with van der Waals surface area (Å²) in [6.07, 6.45) is 5.39. The number of nitrogens with zero attached hydrogens (tertiary/aromatic N) is 1. The van der Waals surface area contributed by atoms with Crippen LogP contribution in [0.2, 0.25) is 0 Å². The van der Waals surface area contributed by atoms with Gasteiger partial charge in [-0.25, -0.2) is 4.79 Å². The van der Waals surface area contributed by atoms with E-state index in [-0.39, 0.29) is 0 Å². The van der Waals surface area contributed by atoms with Crippen molar-refractivity contribution in [2.75, 3.05) is 13.1 Å². The van der Waals surface area contributed by atoms with Crippen molar-refractivity contribution in [1.29, 1.82) is 0 Å². The number of carboxylic acid groups (broad SMARTS) is 1. The summed E-state index contributed by atoms with van der Waals surface area (Å²) in [4.78, 5) is 12.9. The average Bonchev–Trinajstić information content (AvgIpc) is 2.80. The van der Waals surface area contributed by atoms with Crippen LogP contribution >= 0.6 is 0 Å². The van der Waals surface area contributed by atoms with Gasteiger partial charge in [-0.3, -0.25) is 4.90 Å². The first-order chi connectivity index (χ1) is 8.24. The van der Waals surface area contributed by atoms with Crippen molar-refractivity contribution in [3.05, 3.63) is 41.5 Å². The van der Waals surface area contributed by atoms with Gasteiger partial charge in [-0.05, 0) is 43.1 Å². The number of aliphatic carboxylic acids is 1. The van der Waals surface area contributed by atoms with Gasteiger partial charge in [0.15, 0.2) is 0 Å². The highest BCUT2D eigenvalue weighted by Gasteiger charge is 2.11. The lowest BCUT2D eigenvalue weighted by molar-refractivity contribution is -0.131. The van der Waals surface area contributed by atoms with E-state index >= 15 is 0 Å². The van der Waals surface area contributed by atoms with Crippen LogP contribution in [0.3, 0.4) is 0 Å². The Morgan fingerprint density at radius 1 is 1.35 bits per heavy atom. The normalized spacial score (nSPS) is 16.7. The lowest BCUT2D eigenvalue weighted by atomic mass is 10.1. The summed E-state index contributed by atoms with van der Waals surface area (Å²) in [5.74, 6) is -0.907. The van der Waals surface area contributed by atoms with Gasteiger partial charge in [0.25, 0.3) is 0 Å². The second kappa shape index (κ2) is 5.64. The van der Waals surface area contributed by atoms with Gasteiger partial charge in [-0.1, -0.05) is 24.3 Å². The molecular weight excluding hydrogens is 214 g/mol. The molecule has 17 heavy (non-hydrogen) atoms. The Bertz CT molecular complexity index is 420. The van der Waals surface area contributed by atoms with Crippen LogP contribution in [0.5, 0.6) is 0 Å². The van der Waals surface area contributed by atoms with E-state index in [1.54, 1.807) is 6.08 Å². The summed E-state index contributed by atoms with van der Waals surface area (Å²) < 4.78 is 0. The Balaban J connectivity index is 2.02. The molecule has 3 heteroatoms. The number of carboxylic acids is 1. The highest BCUT2D eigenvalue weighted by atomic mass is 16.4. The Labute approximate surface area is 101 Å². The Kier molecular flexibility index (Phi) is 3.94. The van der Waals surface area contributed by atoms with Crippen molar-refractivity contribution in [3.63, 3.8) is 0 Å². The van der Waals surface area contributed by atoms with Crippen molar-refractivity contribution in [1.82, 2.24) is 4.90 Å². The van der Waals surface area contributed by atoms with E-state index in [0.29, 0.717) is 0 Å². The standard InChI is InChI=1S/C14H17NO2/c16-14(17)7-6-12-4-3-5-13(10-12)11-15-8-1-2-9-15/h3-7,10H,1-2,8-9,11H2,(H,16,17). The van der Waals surface area contributed by atoms with Crippen molar-refractivity contribution in [2.45, 2.75) is 19.4 Å². The minimum Gasteiger partial charge on any atom is -0.478 e. The zero-order valence-corrected chi connectivity index (χ0v) is 9.80. The summed E-state index contributed by atoms with van der Waals surface area (Å²) in [6.45, 7) is 3.32. The first-order valence-corrected chi connectivity index (χ1v) is 5.96. The fourth-order valence-corrected chi connectivity index (χ4v) is 2.16. The summed E-state index contributed by atoms with van der Waals surface area (Å²) in [7, 11) is 0. The van der Waals surface area contributed by atoms with Crippen LogP contribution in [-0.4, -0.2) is 29.1 Å². The van der Waals surface area contributed by atoms with Crippen LogP contribution in [-0.2, 0) is 11.3 Å². The predicted octanol–water partition coefficient (Wildman–Crippen LogP) is 2.38. The maximum absolute atomic E-state index is 10.4. The average molecular weight is 231 g/mol. The number of benzene rings is 1. The molecule has 1 aromatic rings. The molecule has 0 unspecified atom stereocenters. The summed E-state index contributed by atoms with van der Waals surface area (Å²) >= 11 is 0. The van der Waals surface area contributed by atoms with Crippen molar-refractivity contribution >= 4 is 12.0 Å². The fourth-order valence-electron chi connectivity index (χ4n) is 2.16. The van der Waals surface area contributed by atoms with E-state index in [9.17, 15) is 4.79 Å². The van der Waals surface area contributed by atoms with Gasteiger partial charge in [-0.2, -0.15) is 0 Å². The number of likely N-dealkylation sites (tertiary alicyclic amines) is 1. The quantitative estimate of drug-likeness (QED) is 0.809. The van der Waals surface area contributed by atoms with E-state index < -0.39 is 5.97 Å². The molecule has 0 radical (unpaired) electrons. The third kappa shape index (κ3) is 3.71. The molecule has 0 aliphatic carbocycles. The smallest absolute Gasteiger partial charge is 0.328 e. The van der Waals surface area contributed by atoms with E-state index in [1.165, 1.54) is 37.6 Å². The van der Waals surface area contributed by atoms with Crippen LogP contribution < -0.4 is 0 Å². The second-order valence-electron chi connectivity index (χ2n) is 4.40. The number of carbonyl (C=O) groups is 1. The molecule has 0 atom stereocenters. The topological polar surface area (TPSA) is 40.5 Å². The first-order valence-electron chi connectivity index (χ1n) is 5.96. The predicted molar refractivity (Wildman–Crippen MR) is 67.6 cm³/mol. The minimum atomic E-state index is -0.907. The van der Waals surface area contributed by atoms with Crippen LogP contribution in [0.25, 0.3) is 6.08 Å². The van der Waals surface area contributed by atoms with Gasteiger partial charge in [0.2, 0.25) is 0 Å². The van der Waals surface area contributed by atoms with Crippen LogP contribution in [0, 0.1) is 0 Å². The molecule has 0 spiro atoms. The van der Waals surface area contributed by atoms with Crippen molar-refractivity contribution in [2.24, 2.45) is 0 Å². The lowest BCUT2D eigenvalue weighted by Crippen LogP contribution is -2.18. The van der Waals surface area contributed by atoms with Crippen LogP contribution in [0.4, 0.5) is 0 Å². The van der Waals surface area contributed by atoms with E-state index in [2.05, 4.69) is 17.0 Å². The van der Waals surface area contributed by atoms with E-state index in [0.717, 1.165) is 12.1 Å². The molecule has 3 nitrogen and oxygen atoms in total. The van der Waals surface area contributed by atoms with Crippen molar-refractivity contribution in [3.8, 4) is 0 Å². The molecule has 2 rings (SSSR count). The fraction of sp³-hybridized carbons (Fsp3) is 0.357. The molecule has 1 saturated heterocycles. The van der Waals surface area contributed by atoms with E-state index in [1.807, 2.05) is 12.1 Å². The summed E-state index contributed by atoms with van der Waals surface area (Å²) in [5.41, 5.74) is 2.20. The monoisotopic (exact) mass is 231 g/mol. The van der Waals surface area contributed by atoms with Crippen LogP contribution in [0.1, 0.15) is 24.0 Å².